The smallest absolute Gasteiger partial charge is 0.322 e. The van der Waals surface area contributed by atoms with Crippen molar-refractivity contribution in [2.24, 2.45) is 0 Å². The third-order valence-electron chi connectivity index (χ3n) is 3.20. The van der Waals surface area contributed by atoms with E-state index in [9.17, 15) is 27.7 Å². The Labute approximate surface area is 119 Å². The number of benzene rings is 1. The van der Waals surface area contributed by atoms with Gasteiger partial charge >= 0.3 is 5.97 Å². The van der Waals surface area contributed by atoms with Crippen LogP contribution < -0.4 is 0 Å². The Hall–Kier alpha value is -2.07. The number of hydrogen-bond donors (Lipinski definition) is 1. The monoisotopic (exact) mass is 318 g/mol. The molecule has 0 bridgehead atoms. The normalized spacial score (nSPS) is 19.6. The van der Waals surface area contributed by atoms with E-state index in [1.807, 2.05) is 0 Å². The largest absolute Gasteiger partial charge is 0.480 e. The Kier molecular flexibility index (Phi) is 3.92. The third kappa shape index (κ3) is 2.72. The average molecular weight is 318 g/mol. The fraction of sp³-hybridized carbons (Fsp3) is 0.364. The van der Waals surface area contributed by atoms with Gasteiger partial charge in [-0.15, -0.1) is 0 Å². The number of nitro benzene ring substituents is 1. The molecular weight excluding hydrogens is 307 g/mol. The minimum Gasteiger partial charge on any atom is -0.480 e. The standard InChI is InChI=1S/C11H11FN2O6S/c12-8-6-7(14(17)18)3-4-10(8)21(19,20)13-5-1-2-9(13)11(15)16/h3-4,6,9H,1-2,5H2,(H,15,16)/t9-/m0/s1. The van der Waals surface area contributed by atoms with Gasteiger partial charge in [-0.3, -0.25) is 14.9 Å². The molecule has 1 aromatic rings. The van der Waals surface area contributed by atoms with E-state index in [4.69, 9.17) is 5.11 Å². The summed E-state index contributed by atoms with van der Waals surface area (Å²) in [4.78, 5) is 19.9. The number of non-ortho nitro benzene ring substituents is 1. The summed E-state index contributed by atoms with van der Waals surface area (Å²) < 4.78 is 39.1. The van der Waals surface area contributed by atoms with Crippen molar-refractivity contribution in [2.45, 2.75) is 23.8 Å². The maximum Gasteiger partial charge on any atom is 0.322 e. The molecule has 0 spiro atoms. The lowest BCUT2D eigenvalue weighted by Gasteiger charge is -2.21. The lowest BCUT2D eigenvalue weighted by Crippen LogP contribution is -2.40. The molecule has 1 heterocycles. The van der Waals surface area contributed by atoms with Crippen LogP contribution in [-0.4, -0.2) is 41.3 Å². The van der Waals surface area contributed by atoms with E-state index in [0.717, 1.165) is 12.1 Å². The zero-order chi connectivity index (χ0) is 15.8. The van der Waals surface area contributed by atoms with Crippen molar-refractivity contribution >= 4 is 21.7 Å². The summed E-state index contributed by atoms with van der Waals surface area (Å²) in [7, 11) is -4.35. The molecule has 0 aliphatic carbocycles. The van der Waals surface area contributed by atoms with Gasteiger partial charge in [0.2, 0.25) is 10.0 Å². The number of halogens is 1. The number of aliphatic carboxylic acids is 1. The molecule has 1 atom stereocenters. The van der Waals surface area contributed by atoms with Crippen LogP contribution in [0.3, 0.4) is 0 Å². The van der Waals surface area contributed by atoms with Gasteiger partial charge in [0, 0.05) is 12.6 Å². The molecule has 2 rings (SSSR count). The van der Waals surface area contributed by atoms with Crippen molar-refractivity contribution in [3.63, 3.8) is 0 Å². The lowest BCUT2D eigenvalue weighted by molar-refractivity contribution is -0.385. The number of hydrogen-bond acceptors (Lipinski definition) is 5. The molecule has 1 fully saturated rings. The van der Waals surface area contributed by atoms with Gasteiger partial charge in [-0.1, -0.05) is 0 Å². The van der Waals surface area contributed by atoms with Gasteiger partial charge in [-0.05, 0) is 18.9 Å². The highest BCUT2D eigenvalue weighted by molar-refractivity contribution is 7.89. The Morgan fingerprint density at radius 3 is 2.67 bits per heavy atom. The highest BCUT2D eigenvalue weighted by Gasteiger charge is 2.40. The quantitative estimate of drug-likeness (QED) is 0.653. The number of carboxylic acids is 1. The van der Waals surface area contributed by atoms with Gasteiger partial charge in [-0.25, -0.2) is 12.8 Å². The molecule has 1 aromatic carbocycles. The Bertz CT molecular complexity index is 705. The molecule has 0 radical (unpaired) electrons. The fourth-order valence-corrected chi connectivity index (χ4v) is 3.91. The first-order chi connectivity index (χ1) is 9.75. The second-order valence-electron chi connectivity index (χ2n) is 4.48. The Balaban J connectivity index is 2.45. The number of rotatable bonds is 4. The summed E-state index contributed by atoms with van der Waals surface area (Å²) >= 11 is 0. The second-order valence-corrected chi connectivity index (χ2v) is 6.34. The van der Waals surface area contributed by atoms with Crippen molar-refractivity contribution in [1.29, 1.82) is 0 Å². The Morgan fingerprint density at radius 1 is 1.48 bits per heavy atom. The van der Waals surface area contributed by atoms with Crippen LogP contribution >= 0.6 is 0 Å². The van der Waals surface area contributed by atoms with Gasteiger partial charge < -0.3 is 5.11 Å². The summed E-state index contributed by atoms with van der Waals surface area (Å²) in [5.41, 5.74) is -0.581. The number of carbonyl (C=O) groups is 1. The van der Waals surface area contributed by atoms with Gasteiger partial charge in [0.1, 0.15) is 16.8 Å². The van der Waals surface area contributed by atoms with E-state index in [1.54, 1.807) is 0 Å². The van der Waals surface area contributed by atoms with Gasteiger partial charge in [-0.2, -0.15) is 4.31 Å². The van der Waals surface area contributed by atoms with Crippen LogP contribution in [0.4, 0.5) is 10.1 Å². The number of sulfonamides is 1. The molecule has 10 heteroatoms. The van der Waals surface area contributed by atoms with Gasteiger partial charge in [0.05, 0.1) is 11.0 Å². The molecular formula is C11H11FN2O6S. The van der Waals surface area contributed by atoms with E-state index >= 15 is 0 Å². The highest BCUT2D eigenvalue weighted by atomic mass is 32.2. The molecule has 0 unspecified atom stereocenters. The highest BCUT2D eigenvalue weighted by Crippen LogP contribution is 2.29. The summed E-state index contributed by atoms with van der Waals surface area (Å²) in [5.74, 6) is -2.58. The minimum atomic E-state index is -4.35. The molecule has 21 heavy (non-hydrogen) atoms. The Morgan fingerprint density at radius 2 is 2.14 bits per heavy atom. The van der Waals surface area contributed by atoms with Crippen LogP contribution in [0.2, 0.25) is 0 Å². The first kappa shape index (κ1) is 15.3. The lowest BCUT2D eigenvalue weighted by atomic mass is 10.2. The molecule has 0 aromatic heterocycles. The molecule has 114 valence electrons. The van der Waals surface area contributed by atoms with Crippen molar-refractivity contribution in [2.75, 3.05) is 6.54 Å². The molecule has 1 aliphatic heterocycles. The first-order valence-electron chi connectivity index (χ1n) is 5.93. The summed E-state index contributed by atoms with van der Waals surface area (Å²) in [6.07, 6.45) is 0.494. The van der Waals surface area contributed by atoms with Crippen LogP contribution in [0, 0.1) is 15.9 Å². The SMILES string of the molecule is O=C(O)[C@@H]1CCCN1S(=O)(=O)c1ccc([N+](=O)[O-])cc1F. The number of nitro groups is 1. The molecule has 1 aliphatic rings. The molecule has 8 nitrogen and oxygen atoms in total. The topological polar surface area (TPSA) is 118 Å². The zero-order valence-electron chi connectivity index (χ0n) is 10.6. The van der Waals surface area contributed by atoms with Crippen molar-refractivity contribution in [3.05, 3.63) is 34.1 Å². The van der Waals surface area contributed by atoms with Crippen molar-refractivity contribution < 1.29 is 27.6 Å². The minimum absolute atomic E-state index is 0.0320. The molecule has 1 N–H and O–H groups in total. The van der Waals surface area contributed by atoms with E-state index in [-0.39, 0.29) is 13.0 Å². The average Bonchev–Trinajstić information content (AvgIpc) is 2.88. The van der Waals surface area contributed by atoms with E-state index < -0.39 is 43.4 Å². The maximum absolute atomic E-state index is 13.8. The van der Waals surface area contributed by atoms with Gasteiger partial charge in [0.25, 0.3) is 5.69 Å². The second kappa shape index (κ2) is 5.37. The fourth-order valence-electron chi connectivity index (χ4n) is 2.21. The van der Waals surface area contributed by atoms with Crippen LogP contribution in [-0.2, 0) is 14.8 Å². The van der Waals surface area contributed by atoms with E-state index in [2.05, 4.69) is 0 Å². The summed E-state index contributed by atoms with van der Waals surface area (Å²) in [5, 5.41) is 19.5. The van der Waals surface area contributed by atoms with E-state index in [1.165, 1.54) is 0 Å². The maximum atomic E-state index is 13.8. The number of carboxylic acid groups (broad SMARTS) is 1. The molecule has 0 amide bonds. The van der Waals surface area contributed by atoms with Crippen LogP contribution in [0.25, 0.3) is 0 Å². The molecule has 1 saturated heterocycles. The zero-order valence-corrected chi connectivity index (χ0v) is 11.4. The predicted octanol–water partition coefficient (Wildman–Crippen LogP) is 0.972. The summed E-state index contributed by atoms with van der Waals surface area (Å²) in [6, 6.07) is 0.894. The summed E-state index contributed by atoms with van der Waals surface area (Å²) in [6.45, 7) is -0.0320. The predicted molar refractivity (Wildman–Crippen MR) is 67.6 cm³/mol. The van der Waals surface area contributed by atoms with Crippen molar-refractivity contribution in [3.8, 4) is 0 Å². The van der Waals surface area contributed by atoms with Gasteiger partial charge in [0.15, 0.2) is 0 Å². The third-order valence-corrected chi connectivity index (χ3v) is 5.14. The molecule has 0 saturated carbocycles. The van der Waals surface area contributed by atoms with E-state index in [0.29, 0.717) is 16.8 Å². The van der Waals surface area contributed by atoms with Crippen LogP contribution in [0.1, 0.15) is 12.8 Å². The number of nitrogens with zero attached hydrogens (tertiary/aromatic N) is 2. The van der Waals surface area contributed by atoms with Crippen molar-refractivity contribution in [1.82, 2.24) is 4.31 Å². The van der Waals surface area contributed by atoms with Crippen LogP contribution in [0.15, 0.2) is 23.1 Å². The first-order valence-corrected chi connectivity index (χ1v) is 7.37. The van der Waals surface area contributed by atoms with Crippen LogP contribution in [0.5, 0.6) is 0 Å².